The maximum absolute atomic E-state index is 12.8. The predicted molar refractivity (Wildman–Crippen MR) is 123 cm³/mol. The molecule has 2 heterocycles. The Balaban J connectivity index is 1.52. The number of carbonyl (C=O) groups excluding carboxylic acids is 3. The van der Waals surface area contributed by atoms with Crippen molar-refractivity contribution < 1.29 is 23.9 Å². The van der Waals surface area contributed by atoms with Crippen LogP contribution >= 0.6 is 0 Å². The molecule has 0 aliphatic carbocycles. The first-order chi connectivity index (χ1) is 16.0. The monoisotopic (exact) mass is 442 g/mol. The molecule has 0 fully saturated rings. The first-order valence-corrected chi connectivity index (χ1v) is 10.5. The van der Waals surface area contributed by atoms with Gasteiger partial charge in [-0.05, 0) is 61.4 Å². The van der Waals surface area contributed by atoms with E-state index in [4.69, 9.17) is 9.47 Å². The molecule has 1 aliphatic rings. The standard InChI is InChI=1S/C26H22N2O5/c1-3-32-23-16-19(9-8-18-12-14-27-15-13-18)10-11-22(23)33-26(31)17(2)28-24(29)20-6-4-5-7-21(20)25(28)30/h4-17H,3H2,1-2H3/b9-8+. The molecule has 0 saturated heterocycles. The van der Waals surface area contributed by atoms with Crippen molar-refractivity contribution in [1.29, 1.82) is 0 Å². The van der Waals surface area contributed by atoms with Crippen molar-refractivity contribution in [3.8, 4) is 11.5 Å². The van der Waals surface area contributed by atoms with Gasteiger partial charge in [0.25, 0.3) is 11.8 Å². The van der Waals surface area contributed by atoms with Gasteiger partial charge in [-0.1, -0.05) is 30.4 Å². The number of rotatable bonds is 7. The summed E-state index contributed by atoms with van der Waals surface area (Å²) in [7, 11) is 0. The highest BCUT2D eigenvalue weighted by molar-refractivity contribution is 6.22. The van der Waals surface area contributed by atoms with Gasteiger partial charge in [0, 0.05) is 12.4 Å². The number of benzene rings is 2. The Morgan fingerprint density at radius 1 is 0.939 bits per heavy atom. The SMILES string of the molecule is CCOc1cc(/C=C/c2ccncc2)ccc1OC(=O)C(C)N1C(=O)c2ccccc2C1=O. The number of hydrogen-bond donors (Lipinski definition) is 0. The molecule has 0 radical (unpaired) electrons. The largest absolute Gasteiger partial charge is 0.490 e. The van der Waals surface area contributed by atoms with Gasteiger partial charge >= 0.3 is 5.97 Å². The van der Waals surface area contributed by atoms with Crippen molar-refractivity contribution in [2.24, 2.45) is 0 Å². The third kappa shape index (κ3) is 4.52. The summed E-state index contributed by atoms with van der Waals surface area (Å²) in [5.74, 6) is -1.16. The number of nitrogens with zero attached hydrogens (tertiary/aromatic N) is 2. The second kappa shape index (κ2) is 9.48. The summed E-state index contributed by atoms with van der Waals surface area (Å²) >= 11 is 0. The Labute approximate surface area is 191 Å². The molecule has 0 bridgehead atoms. The first kappa shape index (κ1) is 22.0. The fourth-order valence-corrected chi connectivity index (χ4v) is 3.51. The van der Waals surface area contributed by atoms with E-state index < -0.39 is 23.8 Å². The van der Waals surface area contributed by atoms with Crippen LogP contribution in [0.15, 0.2) is 67.0 Å². The lowest BCUT2D eigenvalue weighted by molar-refractivity contribution is -0.138. The number of amides is 2. The smallest absolute Gasteiger partial charge is 0.334 e. The highest BCUT2D eigenvalue weighted by atomic mass is 16.6. The molecular formula is C26H22N2O5. The maximum atomic E-state index is 12.8. The molecule has 2 amide bonds. The lowest BCUT2D eigenvalue weighted by atomic mass is 10.1. The van der Waals surface area contributed by atoms with Gasteiger partial charge < -0.3 is 9.47 Å². The van der Waals surface area contributed by atoms with Crippen LogP contribution in [0.3, 0.4) is 0 Å². The molecule has 4 rings (SSSR count). The van der Waals surface area contributed by atoms with Crippen LogP contribution in [0.5, 0.6) is 11.5 Å². The summed E-state index contributed by atoms with van der Waals surface area (Å²) < 4.78 is 11.2. The number of imide groups is 1. The van der Waals surface area contributed by atoms with Crippen LogP contribution in [0.4, 0.5) is 0 Å². The molecule has 0 saturated carbocycles. The number of hydrogen-bond acceptors (Lipinski definition) is 6. The second-order valence-electron chi connectivity index (χ2n) is 7.38. The number of carbonyl (C=O) groups is 3. The molecule has 1 unspecified atom stereocenters. The summed E-state index contributed by atoms with van der Waals surface area (Å²) in [4.78, 5) is 43.1. The molecule has 3 aromatic rings. The van der Waals surface area contributed by atoms with E-state index in [0.717, 1.165) is 16.0 Å². The van der Waals surface area contributed by atoms with Crippen molar-refractivity contribution in [3.05, 3.63) is 89.2 Å². The summed E-state index contributed by atoms with van der Waals surface area (Å²) in [6, 6.07) is 14.3. The van der Waals surface area contributed by atoms with E-state index in [0.29, 0.717) is 12.4 Å². The van der Waals surface area contributed by atoms with Crippen LogP contribution in [0.2, 0.25) is 0 Å². The summed E-state index contributed by atoms with van der Waals surface area (Å²) in [5.41, 5.74) is 2.40. The molecule has 1 aliphatic heterocycles. The maximum Gasteiger partial charge on any atom is 0.334 e. The molecule has 33 heavy (non-hydrogen) atoms. The van der Waals surface area contributed by atoms with E-state index in [1.807, 2.05) is 31.2 Å². The molecular weight excluding hydrogens is 420 g/mol. The predicted octanol–water partition coefficient (Wildman–Crippen LogP) is 4.24. The quantitative estimate of drug-likeness (QED) is 0.309. The van der Waals surface area contributed by atoms with Crippen molar-refractivity contribution in [2.75, 3.05) is 6.61 Å². The van der Waals surface area contributed by atoms with Gasteiger partial charge in [0.2, 0.25) is 0 Å². The van der Waals surface area contributed by atoms with E-state index in [1.54, 1.807) is 54.9 Å². The molecule has 0 spiro atoms. The Morgan fingerprint density at radius 3 is 2.21 bits per heavy atom. The third-order valence-corrected chi connectivity index (χ3v) is 5.21. The molecule has 166 valence electrons. The van der Waals surface area contributed by atoms with Crippen molar-refractivity contribution in [3.63, 3.8) is 0 Å². The summed E-state index contributed by atoms with van der Waals surface area (Å²) in [5, 5.41) is 0. The number of fused-ring (bicyclic) bond motifs is 1. The van der Waals surface area contributed by atoms with Gasteiger partial charge in [-0.2, -0.15) is 0 Å². The number of aromatic nitrogens is 1. The minimum atomic E-state index is -1.10. The van der Waals surface area contributed by atoms with Gasteiger partial charge in [-0.25, -0.2) is 4.79 Å². The zero-order valence-corrected chi connectivity index (χ0v) is 18.2. The van der Waals surface area contributed by atoms with Crippen LogP contribution < -0.4 is 9.47 Å². The minimum Gasteiger partial charge on any atom is -0.490 e. The Hall–Kier alpha value is -4.26. The van der Waals surface area contributed by atoms with Crippen molar-refractivity contribution in [1.82, 2.24) is 9.88 Å². The lowest BCUT2D eigenvalue weighted by Crippen LogP contribution is -2.44. The normalized spacial score (nSPS) is 13.8. The van der Waals surface area contributed by atoms with E-state index in [2.05, 4.69) is 4.98 Å². The van der Waals surface area contributed by atoms with Gasteiger partial charge in [-0.15, -0.1) is 0 Å². The number of esters is 1. The Bertz CT molecular complexity index is 1200. The highest BCUT2D eigenvalue weighted by Crippen LogP contribution is 2.31. The molecule has 1 atom stereocenters. The van der Waals surface area contributed by atoms with Gasteiger partial charge in [-0.3, -0.25) is 19.5 Å². The topological polar surface area (TPSA) is 85.8 Å². The van der Waals surface area contributed by atoms with Crippen LogP contribution in [-0.4, -0.2) is 40.3 Å². The zero-order chi connectivity index (χ0) is 23.4. The van der Waals surface area contributed by atoms with Gasteiger partial charge in [0.1, 0.15) is 6.04 Å². The van der Waals surface area contributed by atoms with Crippen molar-refractivity contribution >= 4 is 29.9 Å². The van der Waals surface area contributed by atoms with Crippen LogP contribution in [0.25, 0.3) is 12.2 Å². The summed E-state index contributed by atoms with van der Waals surface area (Å²) in [6.07, 6.45) is 7.26. The van der Waals surface area contributed by atoms with Crippen LogP contribution in [0, 0.1) is 0 Å². The van der Waals surface area contributed by atoms with Crippen LogP contribution in [0.1, 0.15) is 45.7 Å². The fourth-order valence-electron chi connectivity index (χ4n) is 3.51. The molecule has 7 heteroatoms. The minimum absolute atomic E-state index is 0.214. The van der Waals surface area contributed by atoms with Crippen LogP contribution in [-0.2, 0) is 4.79 Å². The van der Waals surface area contributed by atoms with E-state index in [-0.39, 0.29) is 16.9 Å². The second-order valence-corrected chi connectivity index (χ2v) is 7.38. The van der Waals surface area contributed by atoms with E-state index in [1.165, 1.54) is 6.92 Å². The van der Waals surface area contributed by atoms with Gasteiger partial charge in [0.05, 0.1) is 17.7 Å². The summed E-state index contributed by atoms with van der Waals surface area (Å²) in [6.45, 7) is 3.67. The molecule has 1 aromatic heterocycles. The third-order valence-electron chi connectivity index (χ3n) is 5.21. The Kier molecular flexibility index (Phi) is 6.31. The van der Waals surface area contributed by atoms with Gasteiger partial charge in [0.15, 0.2) is 11.5 Å². The average molecular weight is 442 g/mol. The number of ether oxygens (including phenoxy) is 2. The van der Waals surface area contributed by atoms with Crippen molar-refractivity contribution in [2.45, 2.75) is 19.9 Å². The molecule has 7 nitrogen and oxygen atoms in total. The number of pyridine rings is 1. The lowest BCUT2D eigenvalue weighted by Gasteiger charge is -2.21. The Morgan fingerprint density at radius 2 is 1.58 bits per heavy atom. The van der Waals surface area contributed by atoms with E-state index >= 15 is 0 Å². The first-order valence-electron chi connectivity index (χ1n) is 10.5. The fraction of sp³-hybridized carbons (Fsp3) is 0.154. The molecule has 0 N–H and O–H groups in total. The zero-order valence-electron chi connectivity index (χ0n) is 18.2. The average Bonchev–Trinajstić information content (AvgIpc) is 3.09. The molecule has 2 aromatic carbocycles. The highest BCUT2D eigenvalue weighted by Gasteiger charge is 2.41. The van der Waals surface area contributed by atoms with E-state index in [9.17, 15) is 14.4 Å².